The number of nitrogens with one attached hydrogen (secondary N) is 1. The lowest BCUT2D eigenvalue weighted by Gasteiger charge is -2.46. The van der Waals surface area contributed by atoms with Crippen LogP contribution in [0, 0.1) is 0 Å². The molecule has 2 aliphatic heterocycles. The van der Waals surface area contributed by atoms with E-state index in [1.54, 1.807) is 6.08 Å². The van der Waals surface area contributed by atoms with Crippen LogP contribution < -0.4 is 5.32 Å². The Morgan fingerprint density at radius 2 is 0.778 bits per heavy atom. The Morgan fingerprint density at radius 1 is 0.411 bits per heavy atom. The predicted molar refractivity (Wildman–Crippen MR) is 368 cm³/mol. The molecule has 2 heterocycles. The molecule has 0 spiro atoms. The van der Waals surface area contributed by atoms with Crippen LogP contribution in [0.2, 0.25) is 0 Å². The molecule has 9 N–H and O–H groups in total. The zero-order chi connectivity index (χ0) is 65.2. The molecule has 0 bridgehead atoms. The average Bonchev–Trinajstić information content (AvgIpc) is 1.58. The lowest BCUT2D eigenvalue weighted by atomic mass is 9.97. The Morgan fingerprint density at radius 3 is 1.21 bits per heavy atom. The molecule has 506 valence electrons. The minimum Gasteiger partial charge on any atom is -0.394 e. The molecule has 12 unspecified atom stereocenters. The summed E-state index contributed by atoms with van der Waals surface area (Å²) in [5.74, 6) is -0.287. The minimum atomic E-state index is -1.80. The molecular formula is C76H119NO13. The van der Waals surface area contributed by atoms with Crippen molar-refractivity contribution in [3.63, 3.8) is 0 Å². The van der Waals surface area contributed by atoms with Crippen LogP contribution in [0.15, 0.2) is 182 Å². The molecule has 90 heavy (non-hydrogen) atoms. The molecule has 2 saturated heterocycles. The number of hydrogen-bond acceptors (Lipinski definition) is 13. The van der Waals surface area contributed by atoms with E-state index in [2.05, 4.69) is 189 Å². The third kappa shape index (κ3) is 41.5. The van der Waals surface area contributed by atoms with Crippen molar-refractivity contribution < 1.29 is 64.6 Å². The van der Waals surface area contributed by atoms with E-state index in [-0.39, 0.29) is 18.9 Å². The summed E-state index contributed by atoms with van der Waals surface area (Å²) >= 11 is 0. The lowest BCUT2D eigenvalue weighted by Crippen LogP contribution is -2.65. The van der Waals surface area contributed by atoms with Crippen LogP contribution in [0.3, 0.4) is 0 Å². The SMILES string of the molecule is CC/C=C\C/C=C\C/C=C\C/C=C\C/C=C\C/C=C\C/C=C\C/C=C\C/C=C\C/C=C\C/C=C\C/C=C\CCCCCCC(=O)NC(COC1OC(CO)C(OC2OC(CO)C(O)C(O)C2O)C(O)C1O)C(O)/C=C/CC/C=C/CC/C=C/CCCCCCC. The second-order valence-electron chi connectivity index (χ2n) is 22.8. The minimum absolute atomic E-state index is 0.227. The number of carbonyl (C=O) groups is 1. The van der Waals surface area contributed by atoms with E-state index in [1.807, 2.05) is 6.08 Å². The first kappa shape index (κ1) is 81.2. The highest BCUT2D eigenvalue weighted by Crippen LogP contribution is 2.30. The van der Waals surface area contributed by atoms with Gasteiger partial charge in [-0.15, -0.1) is 0 Å². The second-order valence-corrected chi connectivity index (χ2v) is 22.8. The zero-order valence-electron chi connectivity index (χ0n) is 54.8. The Hall–Kier alpha value is -4.91. The number of rotatable bonds is 52. The van der Waals surface area contributed by atoms with E-state index in [1.165, 1.54) is 32.1 Å². The molecule has 0 aromatic heterocycles. The molecule has 0 saturated carbocycles. The highest BCUT2D eigenvalue weighted by molar-refractivity contribution is 5.76. The molecule has 2 rings (SSSR count). The molecule has 2 aliphatic rings. The van der Waals surface area contributed by atoms with E-state index in [4.69, 9.17) is 18.9 Å². The van der Waals surface area contributed by atoms with Crippen LogP contribution in [0.4, 0.5) is 0 Å². The van der Waals surface area contributed by atoms with E-state index in [9.17, 15) is 45.6 Å². The summed E-state index contributed by atoms with van der Waals surface area (Å²) in [6.07, 6.45) is 75.2. The molecule has 0 aliphatic carbocycles. The first-order valence-corrected chi connectivity index (χ1v) is 34.0. The second kappa shape index (κ2) is 58.0. The number of carbonyl (C=O) groups excluding carboxylic acids is 1. The summed E-state index contributed by atoms with van der Waals surface area (Å²) in [6.45, 7) is 2.59. The Bertz CT molecular complexity index is 2210. The molecule has 0 aromatic rings. The van der Waals surface area contributed by atoms with Crippen LogP contribution in [0.5, 0.6) is 0 Å². The lowest BCUT2D eigenvalue weighted by molar-refractivity contribution is -0.359. The van der Waals surface area contributed by atoms with Gasteiger partial charge in [0.05, 0.1) is 32.0 Å². The molecular weight excluding hydrogens is 1130 g/mol. The van der Waals surface area contributed by atoms with Gasteiger partial charge in [-0.2, -0.15) is 0 Å². The van der Waals surface area contributed by atoms with Crippen molar-refractivity contribution in [3.8, 4) is 0 Å². The molecule has 2 fully saturated rings. The first-order valence-electron chi connectivity index (χ1n) is 34.0. The number of hydrogen-bond donors (Lipinski definition) is 9. The van der Waals surface area contributed by atoms with Crippen LogP contribution in [0.1, 0.15) is 194 Å². The number of unbranched alkanes of at least 4 members (excludes halogenated alkanes) is 11. The van der Waals surface area contributed by atoms with Crippen molar-refractivity contribution in [3.05, 3.63) is 182 Å². The van der Waals surface area contributed by atoms with Crippen molar-refractivity contribution in [1.29, 1.82) is 0 Å². The first-order chi connectivity index (χ1) is 44.1. The van der Waals surface area contributed by atoms with Crippen LogP contribution in [0.25, 0.3) is 0 Å². The Kier molecular flexibility index (Phi) is 52.3. The van der Waals surface area contributed by atoms with Gasteiger partial charge in [-0.05, 0) is 135 Å². The van der Waals surface area contributed by atoms with Gasteiger partial charge in [0.25, 0.3) is 0 Å². The van der Waals surface area contributed by atoms with Crippen molar-refractivity contribution in [1.82, 2.24) is 5.32 Å². The quantitative estimate of drug-likeness (QED) is 0.0204. The largest absolute Gasteiger partial charge is 0.394 e. The maximum atomic E-state index is 13.3. The summed E-state index contributed by atoms with van der Waals surface area (Å²) in [5.41, 5.74) is 0. The maximum absolute atomic E-state index is 13.3. The fourth-order valence-electron chi connectivity index (χ4n) is 9.65. The molecule has 1 amide bonds. The highest BCUT2D eigenvalue weighted by Gasteiger charge is 2.51. The van der Waals surface area contributed by atoms with E-state index in [0.717, 1.165) is 128 Å². The number of aliphatic hydroxyl groups excluding tert-OH is 8. The average molecular weight is 1250 g/mol. The molecule has 14 heteroatoms. The summed E-state index contributed by atoms with van der Waals surface area (Å²) < 4.78 is 22.7. The third-order valence-corrected chi connectivity index (χ3v) is 15.1. The van der Waals surface area contributed by atoms with Crippen LogP contribution in [-0.4, -0.2) is 140 Å². The van der Waals surface area contributed by atoms with Gasteiger partial charge in [0.1, 0.15) is 48.8 Å². The standard InChI is InChI=1S/C76H119NO13/c1-3-5-7-9-11-13-15-17-19-20-21-22-23-24-25-26-27-28-29-30-31-32-33-34-35-36-37-38-39-40-41-42-43-44-46-48-50-52-54-56-58-60-68(81)77-64(65(80)59-57-55-53-51-49-47-45-18-16-14-12-10-8-6-4-2)63-87-75-73(86)71(84)74(67(62-79)89-75)90-76-72(85)70(83)69(82)66(61-78)88-76/h5,7,11,13,16-19,21-22,24-25,27-28,30-31,33-34,36-37,39-40,42-43,46,48-49,51,57,59,64-67,69-76,78-80,82-86H,3-4,6,8-10,12,14-15,20,23,26,29,32,35,38,41,44-45,47,50,52-56,58,60-63H2,1-2H3,(H,77,81)/b7-5-,13-11-,18-16+,19-17-,22-21-,25-24-,28-27-,31-30-,34-33-,37-36-,40-39-,43-42-,48-46-,51-49+,59-57+. The van der Waals surface area contributed by atoms with Gasteiger partial charge in [0.2, 0.25) is 5.91 Å². The van der Waals surface area contributed by atoms with Crippen LogP contribution in [-0.2, 0) is 23.7 Å². The monoisotopic (exact) mass is 1250 g/mol. The fourth-order valence-corrected chi connectivity index (χ4v) is 9.65. The fraction of sp³-hybridized carbons (Fsp3) is 0.592. The number of allylic oxidation sites excluding steroid dienone is 29. The van der Waals surface area contributed by atoms with E-state index < -0.39 is 86.8 Å². The van der Waals surface area contributed by atoms with E-state index in [0.29, 0.717) is 12.8 Å². The van der Waals surface area contributed by atoms with Gasteiger partial charge in [0.15, 0.2) is 12.6 Å². The third-order valence-electron chi connectivity index (χ3n) is 15.1. The van der Waals surface area contributed by atoms with Crippen LogP contribution >= 0.6 is 0 Å². The smallest absolute Gasteiger partial charge is 0.220 e. The van der Waals surface area contributed by atoms with Crippen molar-refractivity contribution in [2.24, 2.45) is 0 Å². The van der Waals surface area contributed by atoms with Gasteiger partial charge in [0, 0.05) is 6.42 Å². The van der Waals surface area contributed by atoms with Gasteiger partial charge in [-0.1, -0.05) is 235 Å². The summed E-state index contributed by atoms with van der Waals surface area (Å²) in [7, 11) is 0. The molecule has 12 atom stereocenters. The maximum Gasteiger partial charge on any atom is 0.220 e. The topological polar surface area (TPSA) is 228 Å². The summed E-state index contributed by atoms with van der Waals surface area (Å²) in [4.78, 5) is 13.3. The van der Waals surface area contributed by atoms with Crippen molar-refractivity contribution in [2.75, 3.05) is 19.8 Å². The van der Waals surface area contributed by atoms with Crippen molar-refractivity contribution >= 4 is 5.91 Å². The van der Waals surface area contributed by atoms with Crippen molar-refractivity contribution in [2.45, 2.75) is 267 Å². The van der Waals surface area contributed by atoms with Gasteiger partial charge < -0.3 is 65.1 Å². The Labute approximate surface area is 542 Å². The number of ether oxygens (including phenoxy) is 4. The molecule has 0 aromatic carbocycles. The zero-order valence-corrected chi connectivity index (χ0v) is 54.8. The highest BCUT2D eigenvalue weighted by atomic mass is 16.7. The van der Waals surface area contributed by atoms with E-state index >= 15 is 0 Å². The summed E-state index contributed by atoms with van der Waals surface area (Å²) in [5, 5.41) is 87.1. The molecule has 14 nitrogen and oxygen atoms in total. The predicted octanol–water partition coefficient (Wildman–Crippen LogP) is 13.8. The number of aliphatic hydroxyl groups is 8. The Balaban J connectivity index is 1.67. The van der Waals surface area contributed by atoms with Gasteiger partial charge in [-0.3, -0.25) is 4.79 Å². The summed E-state index contributed by atoms with van der Waals surface area (Å²) in [6, 6.07) is -0.966. The number of amides is 1. The molecule has 0 radical (unpaired) electrons. The van der Waals surface area contributed by atoms with Gasteiger partial charge in [-0.25, -0.2) is 0 Å². The van der Waals surface area contributed by atoms with Gasteiger partial charge >= 0.3 is 0 Å². The normalized spacial score (nSPS) is 24.1.